The van der Waals surface area contributed by atoms with Crippen molar-refractivity contribution in [1.29, 1.82) is 5.26 Å². The van der Waals surface area contributed by atoms with Crippen molar-refractivity contribution in [3.05, 3.63) is 102 Å². The summed E-state index contributed by atoms with van der Waals surface area (Å²) in [4.78, 5) is 32.1. The van der Waals surface area contributed by atoms with Crippen molar-refractivity contribution in [3.8, 4) is 6.07 Å². The van der Waals surface area contributed by atoms with Gasteiger partial charge in [-0.15, -0.1) is 0 Å². The highest BCUT2D eigenvalue weighted by atomic mass is 16.2. The van der Waals surface area contributed by atoms with Crippen molar-refractivity contribution in [2.75, 3.05) is 16.8 Å². The summed E-state index contributed by atoms with van der Waals surface area (Å²) in [6.07, 6.45) is 4.67. The van der Waals surface area contributed by atoms with Crippen molar-refractivity contribution in [2.45, 2.75) is 32.1 Å². The third-order valence-corrected chi connectivity index (χ3v) is 7.58. The molecule has 0 saturated carbocycles. The monoisotopic (exact) mass is 474 g/mol. The van der Waals surface area contributed by atoms with E-state index >= 15 is 0 Å². The minimum atomic E-state index is -1.49. The van der Waals surface area contributed by atoms with E-state index in [1.165, 1.54) is 0 Å². The molecule has 2 aromatic carbocycles. The topological polar surface area (TPSA) is 69.3 Å². The van der Waals surface area contributed by atoms with Crippen LogP contribution in [-0.4, -0.2) is 23.3 Å². The fourth-order valence-corrected chi connectivity index (χ4v) is 6.19. The molecule has 1 amide bonds. The van der Waals surface area contributed by atoms with E-state index in [-0.39, 0.29) is 22.7 Å². The number of hydrogen-bond acceptors (Lipinski definition) is 4. The van der Waals surface area contributed by atoms with Gasteiger partial charge in [-0.05, 0) is 42.2 Å². The average Bonchev–Trinajstić information content (AvgIpc) is 3.47. The summed E-state index contributed by atoms with van der Waals surface area (Å²) >= 11 is 0. The Hall–Kier alpha value is -4.37. The normalized spacial score (nSPS) is 22.7. The smallest absolute Gasteiger partial charge is 0.247 e. The highest BCUT2D eigenvalue weighted by Crippen LogP contribution is 2.59. The number of carbonyl (C=O) groups excluding carboxylic acids is 2. The van der Waals surface area contributed by atoms with Gasteiger partial charge in [-0.1, -0.05) is 50.2 Å². The first-order valence-electron chi connectivity index (χ1n) is 12.1. The maximum absolute atomic E-state index is 14.4. The molecule has 6 nitrogen and oxygen atoms in total. The highest BCUT2D eigenvalue weighted by molar-refractivity contribution is 6.22. The number of Topliss-reactive ketones (excluding diaryl/α,β-unsaturated/α-hetero) is 1. The number of ketones is 1. The van der Waals surface area contributed by atoms with Crippen LogP contribution in [0.25, 0.3) is 5.82 Å². The van der Waals surface area contributed by atoms with Crippen LogP contribution in [0.4, 0.5) is 11.4 Å². The van der Waals surface area contributed by atoms with Gasteiger partial charge >= 0.3 is 0 Å². The summed E-state index contributed by atoms with van der Waals surface area (Å²) in [6, 6.07) is 23.5. The van der Waals surface area contributed by atoms with E-state index in [1.807, 2.05) is 88.6 Å². The number of aromatic nitrogens is 1. The second-order valence-electron chi connectivity index (χ2n) is 10.5. The SMILES string of the molecule is CN1C(=O)[C@]2(C(C#N)=C(n3cccc3)N(c3ccccc3)C3=C2C(=O)CC(C)(C)C3)c2ccccc21. The standard InChI is InChI=1S/C30H26N4O2/c1-29(2)17-24-26(25(35)18-29)30(21-13-7-8-14-23(21)32(3)28(30)36)22(19-31)27(33-15-9-10-16-33)34(24)20-11-5-4-6-12-20/h4-16H,17-18H2,1-3H3/t30-/m0/s1. The molecule has 3 aromatic rings. The van der Waals surface area contributed by atoms with Crippen LogP contribution in [-0.2, 0) is 15.0 Å². The molecule has 1 aromatic heterocycles. The molecule has 3 heterocycles. The average molecular weight is 475 g/mol. The van der Waals surface area contributed by atoms with Gasteiger partial charge in [-0.3, -0.25) is 14.5 Å². The molecule has 6 heteroatoms. The number of para-hydroxylation sites is 2. The first kappa shape index (κ1) is 22.1. The molecule has 3 aliphatic rings. The van der Waals surface area contributed by atoms with E-state index < -0.39 is 5.41 Å². The second-order valence-corrected chi connectivity index (χ2v) is 10.5. The first-order chi connectivity index (χ1) is 17.3. The summed E-state index contributed by atoms with van der Waals surface area (Å²) < 4.78 is 1.89. The number of allylic oxidation sites excluding steroid dienone is 1. The number of nitriles is 1. The fourth-order valence-electron chi connectivity index (χ4n) is 6.19. The molecule has 1 aliphatic carbocycles. The summed E-state index contributed by atoms with van der Waals surface area (Å²) in [5, 5.41) is 10.8. The van der Waals surface area contributed by atoms with E-state index in [2.05, 4.69) is 19.9 Å². The lowest BCUT2D eigenvalue weighted by molar-refractivity contribution is -0.124. The molecule has 178 valence electrons. The van der Waals surface area contributed by atoms with Crippen molar-refractivity contribution < 1.29 is 9.59 Å². The molecule has 1 atom stereocenters. The van der Waals surface area contributed by atoms with Gasteiger partial charge in [0.05, 0.1) is 5.57 Å². The minimum Gasteiger partial charge on any atom is -0.314 e. The third-order valence-electron chi connectivity index (χ3n) is 7.58. The van der Waals surface area contributed by atoms with Gasteiger partial charge in [0.2, 0.25) is 5.91 Å². The summed E-state index contributed by atoms with van der Waals surface area (Å²) in [5.74, 6) is 0.231. The summed E-state index contributed by atoms with van der Waals surface area (Å²) in [7, 11) is 1.72. The van der Waals surface area contributed by atoms with Crippen molar-refractivity contribution >= 4 is 28.9 Å². The third kappa shape index (κ3) is 2.77. The Kier molecular flexibility index (Phi) is 4.65. The number of nitrogens with zero attached hydrogens (tertiary/aromatic N) is 4. The van der Waals surface area contributed by atoms with Crippen LogP contribution >= 0.6 is 0 Å². The molecule has 36 heavy (non-hydrogen) atoms. The Balaban J connectivity index is 1.81. The first-order valence-corrected chi connectivity index (χ1v) is 12.1. The van der Waals surface area contributed by atoms with Crippen LogP contribution in [0, 0.1) is 16.7 Å². The van der Waals surface area contributed by atoms with Gasteiger partial charge in [-0.2, -0.15) is 5.26 Å². The molecule has 0 N–H and O–H groups in total. The number of carbonyl (C=O) groups is 2. The van der Waals surface area contributed by atoms with Gasteiger partial charge in [0, 0.05) is 54.1 Å². The van der Waals surface area contributed by atoms with Gasteiger partial charge in [0.15, 0.2) is 5.78 Å². The fraction of sp³-hybridized carbons (Fsp3) is 0.233. The van der Waals surface area contributed by atoms with Crippen LogP contribution in [0.1, 0.15) is 32.3 Å². The van der Waals surface area contributed by atoms with Gasteiger partial charge in [0.25, 0.3) is 0 Å². The lowest BCUT2D eigenvalue weighted by Crippen LogP contribution is -2.52. The Bertz CT molecular complexity index is 1520. The van der Waals surface area contributed by atoms with Crippen LogP contribution < -0.4 is 9.80 Å². The molecule has 0 radical (unpaired) electrons. The molecular formula is C30H26N4O2. The zero-order valence-corrected chi connectivity index (χ0v) is 20.5. The maximum Gasteiger partial charge on any atom is 0.247 e. The quantitative estimate of drug-likeness (QED) is 0.508. The number of likely N-dealkylation sites (N-methyl/N-ethyl adjacent to an activating group) is 1. The Morgan fingerprint density at radius 1 is 0.889 bits per heavy atom. The van der Waals surface area contributed by atoms with Gasteiger partial charge in [-0.25, -0.2) is 0 Å². The largest absolute Gasteiger partial charge is 0.314 e. The van der Waals surface area contributed by atoms with Gasteiger partial charge < -0.3 is 9.47 Å². The van der Waals surface area contributed by atoms with Crippen molar-refractivity contribution in [3.63, 3.8) is 0 Å². The zero-order valence-electron chi connectivity index (χ0n) is 20.5. The molecule has 0 bridgehead atoms. The Morgan fingerprint density at radius 2 is 1.56 bits per heavy atom. The summed E-state index contributed by atoms with van der Waals surface area (Å²) in [5.41, 5.74) is 1.93. The second kappa shape index (κ2) is 7.56. The maximum atomic E-state index is 14.4. The van der Waals surface area contributed by atoms with Crippen molar-refractivity contribution in [1.82, 2.24) is 4.57 Å². The van der Waals surface area contributed by atoms with E-state index in [0.29, 0.717) is 29.8 Å². The van der Waals surface area contributed by atoms with Crippen molar-refractivity contribution in [2.24, 2.45) is 5.41 Å². The molecular weight excluding hydrogens is 448 g/mol. The Labute approximate surface area is 210 Å². The number of fused-ring (bicyclic) bond motifs is 3. The highest BCUT2D eigenvalue weighted by Gasteiger charge is 2.63. The molecule has 0 fully saturated rings. The van der Waals surface area contributed by atoms with E-state index in [0.717, 1.165) is 17.1 Å². The summed E-state index contributed by atoms with van der Waals surface area (Å²) in [6.45, 7) is 4.17. The molecule has 1 spiro atoms. The Morgan fingerprint density at radius 3 is 2.25 bits per heavy atom. The molecule has 6 rings (SSSR count). The van der Waals surface area contributed by atoms with Crippen LogP contribution in [0.3, 0.4) is 0 Å². The number of amides is 1. The number of rotatable bonds is 2. The zero-order chi connectivity index (χ0) is 25.2. The predicted octanol–water partition coefficient (Wildman–Crippen LogP) is 5.26. The van der Waals surface area contributed by atoms with Crippen LogP contribution in [0.5, 0.6) is 0 Å². The van der Waals surface area contributed by atoms with E-state index in [4.69, 9.17) is 0 Å². The lowest BCUT2D eigenvalue weighted by Gasteiger charge is -2.47. The van der Waals surface area contributed by atoms with E-state index in [9.17, 15) is 14.9 Å². The minimum absolute atomic E-state index is 0.0834. The molecule has 0 unspecified atom stereocenters. The number of benzene rings is 2. The number of hydrogen-bond donors (Lipinski definition) is 0. The molecule has 2 aliphatic heterocycles. The number of anilines is 2. The van der Waals surface area contributed by atoms with Gasteiger partial charge in [0.1, 0.15) is 17.3 Å². The predicted molar refractivity (Wildman–Crippen MR) is 139 cm³/mol. The van der Waals surface area contributed by atoms with E-state index in [1.54, 1.807) is 11.9 Å². The van der Waals surface area contributed by atoms with Crippen LogP contribution in [0.15, 0.2) is 96.0 Å². The lowest BCUT2D eigenvalue weighted by atomic mass is 9.60. The molecule has 0 saturated heterocycles. The van der Waals surface area contributed by atoms with Crippen LogP contribution in [0.2, 0.25) is 0 Å².